The highest BCUT2D eigenvalue weighted by Gasteiger charge is 2.14. The largest absolute Gasteiger partial charge is 0.345 e. The van der Waals surface area contributed by atoms with Crippen LogP contribution in [0.5, 0.6) is 0 Å². The van der Waals surface area contributed by atoms with Gasteiger partial charge in [0.25, 0.3) is 0 Å². The van der Waals surface area contributed by atoms with E-state index >= 15 is 0 Å². The van der Waals surface area contributed by atoms with Crippen molar-refractivity contribution in [1.29, 1.82) is 0 Å². The zero-order valence-corrected chi connectivity index (χ0v) is 20.0. The Morgan fingerprint density at radius 1 is 0.771 bits per heavy atom. The number of likely N-dealkylation sites (N-methyl/N-ethyl adjacent to an activating group) is 1. The lowest BCUT2D eigenvalue weighted by atomic mass is 9.99. The second-order valence-electron chi connectivity index (χ2n) is 8.54. The molecule has 2 nitrogen and oxygen atoms in total. The van der Waals surface area contributed by atoms with Gasteiger partial charge in [-0.2, -0.15) is 0 Å². The molecule has 1 heterocycles. The first-order valence-electron chi connectivity index (χ1n) is 11.7. The Morgan fingerprint density at radius 3 is 2.23 bits per heavy atom. The maximum Gasteiger partial charge on any atom is 0.0541 e. The number of hydrogen-bond donors (Lipinski definition) is 0. The number of allylic oxidation sites excluding steroid dienone is 3. The Kier molecular flexibility index (Phi) is 5.95. The van der Waals surface area contributed by atoms with Crippen molar-refractivity contribution >= 4 is 33.6 Å². The lowest BCUT2D eigenvalue weighted by Crippen LogP contribution is -2.15. The predicted molar refractivity (Wildman–Crippen MR) is 153 cm³/mol. The highest BCUT2D eigenvalue weighted by molar-refractivity contribution is 6.10. The minimum absolute atomic E-state index is 0.885. The maximum atomic E-state index is 4.17. The Balaban J connectivity index is 1.63. The molecular formula is C33H28N2. The van der Waals surface area contributed by atoms with E-state index in [4.69, 9.17) is 0 Å². The van der Waals surface area contributed by atoms with Crippen LogP contribution in [0.4, 0.5) is 5.69 Å². The topological polar surface area (TPSA) is 8.17 Å². The van der Waals surface area contributed by atoms with Crippen molar-refractivity contribution in [1.82, 2.24) is 4.57 Å². The Labute approximate surface area is 207 Å². The molecule has 0 saturated carbocycles. The van der Waals surface area contributed by atoms with Crippen LogP contribution in [0.25, 0.3) is 44.7 Å². The normalized spacial score (nSPS) is 11.2. The van der Waals surface area contributed by atoms with Crippen molar-refractivity contribution in [3.63, 3.8) is 0 Å². The summed E-state index contributed by atoms with van der Waals surface area (Å²) in [6, 6.07) is 32.4. The first-order valence-corrected chi connectivity index (χ1v) is 11.7. The van der Waals surface area contributed by atoms with Crippen LogP contribution < -0.4 is 4.90 Å². The zero-order valence-electron chi connectivity index (χ0n) is 20.0. The van der Waals surface area contributed by atoms with Crippen LogP contribution in [0.15, 0.2) is 135 Å². The number of hydrogen-bond acceptors (Lipinski definition) is 1. The van der Waals surface area contributed by atoms with Gasteiger partial charge in [-0.3, -0.25) is 0 Å². The summed E-state index contributed by atoms with van der Waals surface area (Å²) in [5.41, 5.74) is 8.91. The standard InChI is InChI=1S/C33H28N2/c1-5-7-13-24(3)34(4)31-20-18-26(22-25(31)6-2)27-19-21-33-30(23-27)29-16-11-12-17-32(29)35(33)28-14-9-8-10-15-28/h5-23H,1-3H2,4H3/b13-7-. The number of rotatable bonds is 7. The number of para-hydroxylation sites is 2. The molecule has 0 aliphatic heterocycles. The van der Waals surface area contributed by atoms with Crippen LogP contribution in [0.1, 0.15) is 5.56 Å². The molecule has 0 N–H and O–H groups in total. The minimum Gasteiger partial charge on any atom is -0.345 e. The molecule has 0 fully saturated rings. The SMILES string of the molecule is C=C/C=C\C(=C)N(C)c1ccc(-c2ccc3c(c2)c2ccccc2n3-c2ccccc2)cc1C=C. The van der Waals surface area contributed by atoms with E-state index in [1.54, 1.807) is 6.08 Å². The van der Waals surface area contributed by atoms with Gasteiger partial charge >= 0.3 is 0 Å². The van der Waals surface area contributed by atoms with Crippen LogP contribution >= 0.6 is 0 Å². The smallest absolute Gasteiger partial charge is 0.0541 e. The third-order valence-electron chi connectivity index (χ3n) is 6.48. The van der Waals surface area contributed by atoms with Crippen molar-refractivity contribution in [3.05, 3.63) is 140 Å². The summed E-state index contributed by atoms with van der Waals surface area (Å²) in [7, 11) is 2.02. The molecular weight excluding hydrogens is 424 g/mol. The maximum absolute atomic E-state index is 4.17. The average molecular weight is 453 g/mol. The summed E-state index contributed by atoms with van der Waals surface area (Å²) >= 11 is 0. The van der Waals surface area contributed by atoms with Gasteiger partial charge in [0.1, 0.15) is 0 Å². The molecule has 0 spiro atoms. The van der Waals surface area contributed by atoms with Crippen molar-refractivity contribution < 1.29 is 0 Å². The highest BCUT2D eigenvalue weighted by Crippen LogP contribution is 2.36. The first kappa shape index (κ1) is 22.2. The van der Waals surface area contributed by atoms with Crippen LogP contribution in [0.2, 0.25) is 0 Å². The summed E-state index contributed by atoms with van der Waals surface area (Å²) in [4.78, 5) is 2.07. The lowest BCUT2D eigenvalue weighted by Gasteiger charge is -2.22. The van der Waals surface area contributed by atoms with E-state index < -0.39 is 0 Å². The molecule has 35 heavy (non-hydrogen) atoms. The number of fused-ring (bicyclic) bond motifs is 3. The van der Waals surface area contributed by atoms with Crippen molar-refractivity contribution in [2.45, 2.75) is 0 Å². The van der Waals surface area contributed by atoms with Gasteiger partial charge in [0.05, 0.1) is 11.0 Å². The fraction of sp³-hybridized carbons (Fsp3) is 0.0303. The predicted octanol–water partition coefficient (Wildman–Crippen LogP) is 8.79. The average Bonchev–Trinajstić information content (AvgIpc) is 3.25. The van der Waals surface area contributed by atoms with Gasteiger partial charge in [0, 0.05) is 34.9 Å². The summed E-state index contributed by atoms with van der Waals surface area (Å²) in [5, 5.41) is 2.49. The molecule has 0 saturated heterocycles. The molecule has 0 radical (unpaired) electrons. The molecule has 0 aliphatic carbocycles. The highest BCUT2D eigenvalue weighted by atomic mass is 15.1. The number of nitrogens with zero attached hydrogens (tertiary/aromatic N) is 2. The first-order chi connectivity index (χ1) is 17.1. The van der Waals surface area contributed by atoms with Gasteiger partial charge in [-0.25, -0.2) is 0 Å². The molecule has 0 aliphatic rings. The quantitative estimate of drug-likeness (QED) is 0.224. The third kappa shape index (κ3) is 4.00. The summed E-state index contributed by atoms with van der Waals surface area (Å²) in [6.07, 6.45) is 7.49. The van der Waals surface area contributed by atoms with E-state index in [9.17, 15) is 0 Å². The van der Waals surface area contributed by atoms with Crippen LogP contribution in [0, 0.1) is 0 Å². The van der Waals surface area contributed by atoms with Gasteiger partial charge in [-0.15, -0.1) is 0 Å². The molecule has 5 aromatic rings. The number of benzene rings is 4. The summed E-state index contributed by atoms with van der Waals surface area (Å²) in [6.45, 7) is 12.0. The second kappa shape index (κ2) is 9.36. The van der Waals surface area contributed by atoms with Gasteiger partial charge in [-0.05, 0) is 65.2 Å². The molecule has 0 bridgehead atoms. The van der Waals surface area contributed by atoms with E-state index in [2.05, 4.69) is 120 Å². The molecule has 4 aromatic carbocycles. The molecule has 170 valence electrons. The van der Waals surface area contributed by atoms with Crippen molar-refractivity contribution in [2.75, 3.05) is 11.9 Å². The van der Waals surface area contributed by atoms with E-state index in [0.29, 0.717) is 0 Å². The summed E-state index contributed by atoms with van der Waals surface area (Å²) in [5.74, 6) is 0. The Hall–Kier alpha value is -4.56. The fourth-order valence-corrected chi connectivity index (χ4v) is 4.66. The van der Waals surface area contributed by atoms with Gasteiger partial charge < -0.3 is 9.47 Å². The van der Waals surface area contributed by atoms with E-state index in [1.165, 1.54) is 33.1 Å². The van der Waals surface area contributed by atoms with Gasteiger partial charge in [0.15, 0.2) is 0 Å². The third-order valence-corrected chi connectivity index (χ3v) is 6.48. The minimum atomic E-state index is 0.885. The van der Waals surface area contributed by atoms with Crippen molar-refractivity contribution in [3.8, 4) is 16.8 Å². The Morgan fingerprint density at radius 2 is 1.46 bits per heavy atom. The zero-order chi connectivity index (χ0) is 24.4. The molecule has 0 amide bonds. The Bertz CT molecular complexity index is 1600. The lowest BCUT2D eigenvalue weighted by molar-refractivity contribution is 1.14. The van der Waals surface area contributed by atoms with Crippen LogP contribution in [-0.2, 0) is 0 Å². The number of aromatic nitrogens is 1. The van der Waals surface area contributed by atoms with E-state index in [0.717, 1.165) is 22.5 Å². The second-order valence-corrected chi connectivity index (χ2v) is 8.54. The molecule has 5 rings (SSSR count). The van der Waals surface area contributed by atoms with Crippen molar-refractivity contribution in [2.24, 2.45) is 0 Å². The molecule has 0 unspecified atom stereocenters. The van der Waals surface area contributed by atoms with Crippen LogP contribution in [0.3, 0.4) is 0 Å². The fourth-order valence-electron chi connectivity index (χ4n) is 4.66. The van der Waals surface area contributed by atoms with E-state index in [-0.39, 0.29) is 0 Å². The summed E-state index contributed by atoms with van der Waals surface area (Å²) < 4.78 is 2.34. The van der Waals surface area contributed by atoms with E-state index in [1.807, 2.05) is 25.3 Å². The van der Waals surface area contributed by atoms with Gasteiger partial charge in [-0.1, -0.05) is 86.5 Å². The van der Waals surface area contributed by atoms with Crippen LogP contribution in [-0.4, -0.2) is 11.6 Å². The number of anilines is 1. The molecule has 2 heteroatoms. The molecule has 0 atom stereocenters. The van der Waals surface area contributed by atoms with Gasteiger partial charge in [0.2, 0.25) is 0 Å². The monoisotopic (exact) mass is 452 g/mol. The molecule has 1 aromatic heterocycles.